The van der Waals surface area contributed by atoms with Crippen LogP contribution in [0.3, 0.4) is 0 Å². The zero-order valence-electron chi connectivity index (χ0n) is 11.3. The van der Waals surface area contributed by atoms with Gasteiger partial charge in [-0.25, -0.2) is 0 Å². The molecule has 2 fully saturated rings. The number of thioether (sulfide) groups is 1. The van der Waals surface area contributed by atoms with Gasteiger partial charge in [-0.1, -0.05) is 0 Å². The summed E-state index contributed by atoms with van der Waals surface area (Å²) < 4.78 is 0. The van der Waals surface area contributed by atoms with E-state index in [4.69, 9.17) is 5.73 Å². The van der Waals surface area contributed by atoms with Crippen molar-refractivity contribution in [3.8, 4) is 0 Å². The van der Waals surface area contributed by atoms with Gasteiger partial charge in [-0.05, 0) is 57.3 Å². The maximum atomic E-state index is 6.06. The van der Waals surface area contributed by atoms with Gasteiger partial charge in [0, 0.05) is 25.2 Å². The quantitative estimate of drug-likeness (QED) is 0.799. The summed E-state index contributed by atoms with van der Waals surface area (Å²) >= 11 is 2.11. The fourth-order valence-corrected chi connectivity index (χ4v) is 4.69. The number of hydrogen-bond donors (Lipinski definition) is 1. The smallest absolute Gasteiger partial charge is 0.0258 e. The number of rotatable bonds is 5. The fourth-order valence-electron chi connectivity index (χ4n) is 3.37. The van der Waals surface area contributed by atoms with E-state index in [-0.39, 0.29) is 0 Å². The van der Waals surface area contributed by atoms with Crippen molar-refractivity contribution in [1.82, 2.24) is 9.80 Å². The van der Waals surface area contributed by atoms with Gasteiger partial charge in [-0.15, -0.1) is 0 Å². The summed E-state index contributed by atoms with van der Waals surface area (Å²) in [7, 11) is 4.36. The minimum atomic E-state index is 0.637. The van der Waals surface area contributed by atoms with Gasteiger partial charge in [0.05, 0.1) is 0 Å². The van der Waals surface area contributed by atoms with Crippen LogP contribution in [0.1, 0.15) is 19.3 Å². The first kappa shape index (κ1) is 13.7. The van der Waals surface area contributed by atoms with Gasteiger partial charge >= 0.3 is 0 Å². The maximum Gasteiger partial charge on any atom is 0.0258 e. The molecule has 3 atom stereocenters. The van der Waals surface area contributed by atoms with Crippen molar-refractivity contribution in [2.45, 2.75) is 31.3 Å². The second-order valence-electron chi connectivity index (χ2n) is 5.72. The lowest BCUT2D eigenvalue weighted by Crippen LogP contribution is -2.50. The molecule has 17 heavy (non-hydrogen) atoms. The number of hydrogen-bond acceptors (Lipinski definition) is 4. The van der Waals surface area contributed by atoms with Gasteiger partial charge in [-0.2, -0.15) is 11.8 Å². The topological polar surface area (TPSA) is 32.5 Å². The molecule has 0 aliphatic carbocycles. The summed E-state index contributed by atoms with van der Waals surface area (Å²) in [6.07, 6.45) is 4.08. The number of likely N-dealkylation sites (N-methyl/N-ethyl adjacent to an activating group) is 1. The highest BCUT2D eigenvalue weighted by molar-refractivity contribution is 7.99. The molecule has 2 rings (SSSR count). The first-order valence-electron chi connectivity index (χ1n) is 6.90. The largest absolute Gasteiger partial charge is 0.329 e. The molecular weight excluding hydrogens is 230 g/mol. The summed E-state index contributed by atoms with van der Waals surface area (Å²) in [5.41, 5.74) is 6.06. The Labute approximate surface area is 110 Å². The Balaban J connectivity index is 1.96. The van der Waals surface area contributed by atoms with Crippen LogP contribution in [0.2, 0.25) is 0 Å². The Morgan fingerprint density at radius 3 is 2.82 bits per heavy atom. The van der Waals surface area contributed by atoms with Gasteiger partial charge < -0.3 is 10.6 Å². The van der Waals surface area contributed by atoms with Gasteiger partial charge in [0.15, 0.2) is 0 Å². The molecule has 0 aromatic rings. The molecule has 0 aromatic carbocycles. The molecule has 0 spiro atoms. The number of nitrogens with zero attached hydrogens (tertiary/aromatic N) is 2. The molecule has 4 heteroatoms. The van der Waals surface area contributed by atoms with E-state index in [1.807, 2.05) is 0 Å². The molecule has 0 radical (unpaired) electrons. The predicted octanol–water partition coefficient (Wildman–Crippen LogP) is 1.09. The van der Waals surface area contributed by atoms with E-state index in [0.717, 1.165) is 18.5 Å². The van der Waals surface area contributed by atoms with E-state index in [2.05, 4.69) is 35.7 Å². The maximum absolute atomic E-state index is 6.06. The summed E-state index contributed by atoms with van der Waals surface area (Å²) in [6, 6.07) is 1.38. The SMILES string of the molecule is CN(C)CC1CCCN1C(CN)C1CCSC1. The van der Waals surface area contributed by atoms with Crippen molar-refractivity contribution in [3.05, 3.63) is 0 Å². The van der Waals surface area contributed by atoms with Gasteiger partial charge in [-0.3, -0.25) is 4.90 Å². The van der Waals surface area contributed by atoms with E-state index in [9.17, 15) is 0 Å². The van der Waals surface area contributed by atoms with Crippen molar-refractivity contribution in [2.75, 3.05) is 45.2 Å². The average molecular weight is 257 g/mol. The van der Waals surface area contributed by atoms with Crippen LogP contribution in [0.4, 0.5) is 0 Å². The van der Waals surface area contributed by atoms with Crippen LogP contribution in [0.25, 0.3) is 0 Å². The van der Waals surface area contributed by atoms with Crippen LogP contribution in [-0.2, 0) is 0 Å². The lowest BCUT2D eigenvalue weighted by Gasteiger charge is -2.37. The van der Waals surface area contributed by atoms with Crippen LogP contribution >= 0.6 is 11.8 Å². The van der Waals surface area contributed by atoms with Crippen LogP contribution in [0.15, 0.2) is 0 Å². The lowest BCUT2D eigenvalue weighted by molar-refractivity contribution is 0.122. The van der Waals surface area contributed by atoms with E-state index >= 15 is 0 Å². The third-order valence-electron chi connectivity index (χ3n) is 4.18. The third kappa shape index (κ3) is 3.37. The van der Waals surface area contributed by atoms with Crippen LogP contribution in [0.5, 0.6) is 0 Å². The van der Waals surface area contributed by atoms with Crippen LogP contribution in [0, 0.1) is 5.92 Å². The van der Waals surface area contributed by atoms with Crippen molar-refractivity contribution in [2.24, 2.45) is 11.7 Å². The molecule has 0 saturated carbocycles. The molecular formula is C13H27N3S. The highest BCUT2D eigenvalue weighted by Crippen LogP contribution is 2.32. The summed E-state index contributed by atoms with van der Waals surface area (Å²) in [5.74, 6) is 3.51. The molecule has 2 aliphatic heterocycles. The van der Waals surface area contributed by atoms with Crippen LogP contribution < -0.4 is 5.73 Å². The van der Waals surface area contributed by atoms with E-state index in [0.29, 0.717) is 6.04 Å². The first-order chi connectivity index (χ1) is 8.22. The third-order valence-corrected chi connectivity index (χ3v) is 5.36. The molecule has 3 nitrogen and oxygen atoms in total. The zero-order chi connectivity index (χ0) is 12.3. The Hall–Kier alpha value is 0.230. The van der Waals surface area contributed by atoms with E-state index in [1.165, 1.54) is 43.9 Å². The standard InChI is InChI=1S/C13H27N3S/c1-15(2)9-12-4-3-6-16(12)13(8-14)11-5-7-17-10-11/h11-13H,3-10,14H2,1-2H3. The van der Waals surface area contributed by atoms with E-state index < -0.39 is 0 Å². The first-order valence-corrected chi connectivity index (χ1v) is 8.06. The highest BCUT2D eigenvalue weighted by atomic mass is 32.2. The fraction of sp³-hybridized carbons (Fsp3) is 1.00. The number of nitrogens with two attached hydrogens (primary N) is 1. The molecule has 100 valence electrons. The second-order valence-corrected chi connectivity index (χ2v) is 6.87. The molecule has 2 heterocycles. The molecule has 0 aromatic heterocycles. The Kier molecular flexibility index (Phi) is 5.15. The lowest BCUT2D eigenvalue weighted by atomic mass is 9.97. The molecule has 3 unspecified atom stereocenters. The van der Waals surface area contributed by atoms with Crippen LogP contribution in [-0.4, -0.2) is 67.1 Å². The minimum Gasteiger partial charge on any atom is -0.329 e. The molecule has 2 N–H and O–H groups in total. The Morgan fingerprint density at radius 2 is 2.24 bits per heavy atom. The monoisotopic (exact) mass is 257 g/mol. The molecule has 2 saturated heterocycles. The van der Waals surface area contributed by atoms with Gasteiger partial charge in [0.1, 0.15) is 0 Å². The molecule has 0 bridgehead atoms. The van der Waals surface area contributed by atoms with Crippen molar-refractivity contribution in [1.29, 1.82) is 0 Å². The Morgan fingerprint density at radius 1 is 1.41 bits per heavy atom. The summed E-state index contributed by atoms with van der Waals surface area (Å²) in [4.78, 5) is 5.04. The van der Waals surface area contributed by atoms with E-state index in [1.54, 1.807) is 0 Å². The summed E-state index contributed by atoms with van der Waals surface area (Å²) in [6.45, 7) is 3.30. The molecule has 0 amide bonds. The highest BCUT2D eigenvalue weighted by Gasteiger charge is 2.35. The van der Waals surface area contributed by atoms with Gasteiger partial charge in [0.2, 0.25) is 0 Å². The normalized spacial score (nSPS) is 32.5. The second kappa shape index (κ2) is 6.41. The molecule has 2 aliphatic rings. The average Bonchev–Trinajstić information content (AvgIpc) is 2.91. The van der Waals surface area contributed by atoms with Crippen molar-refractivity contribution in [3.63, 3.8) is 0 Å². The predicted molar refractivity (Wildman–Crippen MR) is 76.6 cm³/mol. The van der Waals surface area contributed by atoms with Gasteiger partial charge in [0.25, 0.3) is 0 Å². The zero-order valence-corrected chi connectivity index (χ0v) is 12.1. The Bertz CT molecular complexity index is 229. The number of likely N-dealkylation sites (tertiary alicyclic amines) is 1. The summed E-state index contributed by atoms with van der Waals surface area (Å²) in [5, 5.41) is 0. The minimum absolute atomic E-state index is 0.637. The van der Waals surface area contributed by atoms with Crippen molar-refractivity contribution < 1.29 is 0 Å². The van der Waals surface area contributed by atoms with Crippen molar-refractivity contribution >= 4 is 11.8 Å².